The zero-order valence-corrected chi connectivity index (χ0v) is 15.0. The smallest absolute Gasteiger partial charge is 0.132 e. The van der Waals surface area contributed by atoms with Gasteiger partial charge in [0.1, 0.15) is 11.6 Å². The van der Waals surface area contributed by atoms with Crippen LogP contribution in [0.25, 0.3) is 11.3 Å². The number of rotatable bonds is 4. The summed E-state index contributed by atoms with van der Waals surface area (Å²) in [5.41, 5.74) is 2.33. The third kappa shape index (κ3) is 3.53. The molecule has 1 aromatic carbocycles. The molecule has 1 fully saturated rings. The van der Waals surface area contributed by atoms with Crippen LogP contribution in [0.2, 0.25) is 0 Å². The van der Waals surface area contributed by atoms with Gasteiger partial charge < -0.3 is 4.57 Å². The lowest BCUT2D eigenvalue weighted by Gasteiger charge is -2.32. The molecule has 3 heterocycles. The van der Waals surface area contributed by atoms with Crippen molar-refractivity contribution in [3.8, 4) is 11.3 Å². The van der Waals surface area contributed by atoms with Crippen molar-refractivity contribution in [2.24, 2.45) is 7.05 Å². The summed E-state index contributed by atoms with van der Waals surface area (Å²) in [4.78, 5) is 11.7. The van der Waals surface area contributed by atoms with Gasteiger partial charge in [0, 0.05) is 43.2 Å². The van der Waals surface area contributed by atoms with E-state index in [0.29, 0.717) is 17.2 Å². The van der Waals surface area contributed by atoms with Gasteiger partial charge in [-0.3, -0.25) is 9.88 Å². The maximum atomic E-state index is 14.1. The molecule has 1 unspecified atom stereocenters. The van der Waals surface area contributed by atoms with Crippen LogP contribution >= 0.6 is 0 Å². The fraction of sp³-hybridized carbons (Fsp3) is 0.333. The molecule has 134 valence electrons. The number of halogens is 1. The van der Waals surface area contributed by atoms with Gasteiger partial charge in [-0.05, 0) is 43.7 Å². The first-order valence-corrected chi connectivity index (χ1v) is 9.11. The van der Waals surface area contributed by atoms with Crippen LogP contribution in [0.3, 0.4) is 0 Å². The summed E-state index contributed by atoms with van der Waals surface area (Å²) in [6, 6.07) is 12.8. The minimum Gasteiger partial charge on any atom is -0.337 e. The van der Waals surface area contributed by atoms with Crippen LogP contribution < -0.4 is 0 Å². The van der Waals surface area contributed by atoms with Crippen molar-refractivity contribution in [1.82, 2.24) is 19.4 Å². The second-order valence-corrected chi connectivity index (χ2v) is 6.96. The summed E-state index contributed by atoms with van der Waals surface area (Å²) < 4.78 is 16.2. The Bertz CT molecular complexity index is 889. The van der Waals surface area contributed by atoms with Crippen LogP contribution in [0.4, 0.5) is 4.39 Å². The van der Waals surface area contributed by atoms with E-state index >= 15 is 0 Å². The predicted molar refractivity (Wildman–Crippen MR) is 100 cm³/mol. The van der Waals surface area contributed by atoms with E-state index in [1.165, 1.54) is 6.07 Å². The highest BCUT2D eigenvalue weighted by Crippen LogP contribution is 2.29. The van der Waals surface area contributed by atoms with E-state index in [-0.39, 0.29) is 5.82 Å². The minimum absolute atomic E-state index is 0.225. The number of imidazole rings is 1. The molecule has 2 aromatic heterocycles. The Kier molecular flexibility index (Phi) is 4.80. The van der Waals surface area contributed by atoms with Crippen LogP contribution in [-0.4, -0.2) is 32.5 Å². The molecule has 4 rings (SSSR count). The highest BCUT2D eigenvalue weighted by molar-refractivity contribution is 5.59. The Morgan fingerprint density at radius 1 is 1.15 bits per heavy atom. The summed E-state index contributed by atoms with van der Waals surface area (Å²) >= 11 is 0. The number of hydrogen-bond acceptors (Lipinski definition) is 3. The van der Waals surface area contributed by atoms with Crippen molar-refractivity contribution in [1.29, 1.82) is 0 Å². The van der Waals surface area contributed by atoms with Gasteiger partial charge in [0.25, 0.3) is 0 Å². The Labute approximate surface area is 153 Å². The number of pyridine rings is 1. The molecular formula is C21H23FN4. The fourth-order valence-electron chi connectivity index (χ4n) is 3.69. The fourth-order valence-corrected chi connectivity index (χ4v) is 3.69. The van der Waals surface area contributed by atoms with E-state index in [9.17, 15) is 4.39 Å². The molecular weight excluding hydrogens is 327 g/mol. The zero-order chi connectivity index (χ0) is 17.9. The van der Waals surface area contributed by atoms with E-state index in [1.54, 1.807) is 12.1 Å². The first kappa shape index (κ1) is 16.9. The molecule has 1 atom stereocenters. The van der Waals surface area contributed by atoms with Crippen molar-refractivity contribution in [3.63, 3.8) is 0 Å². The number of piperidine rings is 1. The van der Waals surface area contributed by atoms with Crippen molar-refractivity contribution < 1.29 is 4.39 Å². The monoisotopic (exact) mass is 350 g/mol. The van der Waals surface area contributed by atoms with E-state index in [1.807, 2.05) is 37.6 Å². The SMILES string of the molecule is Cn1ccnc1CN1CCCC(c2cccc(-c3ccccc3F)n2)C1. The lowest BCUT2D eigenvalue weighted by molar-refractivity contribution is 0.192. The normalized spacial score (nSPS) is 18.2. The second kappa shape index (κ2) is 7.38. The van der Waals surface area contributed by atoms with Crippen LogP contribution in [0.1, 0.15) is 30.3 Å². The molecule has 0 bridgehead atoms. The Morgan fingerprint density at radius 2 is 2.04 bits per heavy atom. The lowest BCUT2D eigenvalue weighted by atomic mass is 9.94. The standard InChI is InChI=1S/C21H23FN4/c1-25-13-11-23-21(25)15-26-12-5-6-16(14-26)19-9-4-10-20(24-19)17-7-2-3-8-18(17)22/h2-4,7-11,13,16H,5-6,12,14-15H2,1H3. The Balaban J connectivity index is 1.53. The van der Waals surface area contributed by atoms with E-state index in [4.69, 9.17) is 4.98 Å². The molecule has 0 N–H and O–H groups in total. The van der Waals surface area contributed by atoms with Crippen LogP contribution in [-0.2, 0) is 13.6 Å². The maximum absolute atomic E-state index is 14.1. The summed E-state index contributed by atoms with van der Waals surface area (Å²) in [6.45, 7) is 2.89. The summed E-state index contributed by atoms with van der Waals surface area (Å²) in [7, 11) is 2.03. The molecule has 1 aliphatic heterocycles. The van der Waals surface area contributed by atoms with Gasteiger partial charge in [-0.2, -0.15) is 0 Å². The second-order valence-electron chi connectivity index (χ2n) is 6.96. The highest BCUT2D eigenvalue weighted by atomic mass is 19.1. The molecule has 0 amide bonds. The van der Waals surface area contributed by atoms with Gasteiger partial charge in [-0.1, -0.05) is 18.2 Å². The molecule has 0 spiro atoms. The average Bonchev–Trinajstić information content (AvgIpc) is 3.07. The highest BCUT2D eigenvalue weighted by Gasteiger charge is 2.23. The van der Waals surface area contributed by atoms with Gasteiger partial charge in [0.2, 0.25) is 0 Å². The molecule has 1 saturated heterocycles. The van der Waals surface area contributed by atoms with Crippen LogP contribution in [0.5, 0.6) is 0 Å². The predicted octanol–water partition coefficient (Wildman–Crippen LogP) is 4.00. The lowest BCUT2D eigenvalue weighted by Crippen LogP contribution is -2.35. The van der Waals surface area contributed by atoms with Crippen LogP contribution in [0, 0.1) is 5.82 Å². The molecule has 0 saturated carbocycles. The molecule has 5 heteroatoms. The third-order valence-electron chi connectivity index (χ3n) is 5.13. The first-order valence-electron chi connectivity index (χ1n) is 9.11. The molecule has 26 heavy (non-hydrogen) atoms. The van der Waals surface area contributed by atoms with Crippen molar-refractivity contribution in [3.05, 3.63) is 72.2 Å². The largest absolute Gasteiger partial charge is 0.337 e. The zero-order valence-electron chi connectivity index (χ0n) is 15.0. The van der Waals surface area contributed by atoms with Crippen LogP contribution in [0.15, 0.2) is 54.9 Å². The third-order valence-corrected chi connectivity index (χ3v) is 5.13. The van der Waals surface area contributed by atoms with E-state index < -0.39 is 0 Å². The number of aromatic nitrogens is 3. The quantitative estimate of drug-likeness (QED) is 0.713. The first-order chi connectivity index (χ1) is 12.7. The topological polar surface area (TPSA) is 34.0 Å². The average molecular weight is 350 g/mol. The number of likely N-dealkylation sites (tertiary alicyclic amines) is 1. The molecule has 1 aliphatic rings. The molecule has 0 aliphatic carbocycles. The minimum atomic E-state index is -0.225. The van der Waals surface area contributed by atoms with E-state index in [2.05, 4.69) is 20.5 Å². The van der Waals surface area contributed by atoms with Gasteiger partial charge in [-0.15, -0.1) is 0 Å². The van der Waals surface area contributed by atoms with Gasteiger partial charge in [-0.25, -0.2) is 9.37 Å². The Morgan fingerprint density at radius 3 is 2.85 bits per heavy atom. The molecule has 4 nitrogen and oxygen atoms in total. The molecule has 3 aromatic rings. The van der Waals surface area contributed by atoms with E-state index in [0.717, 1.165) is 44.0 Å². The molecule has 0 radical (unpaired) electrons. The van der Waals surface area contributed by atoms with Crippen molar-refractivity contribution >= 4 is 0 Å². The van der Waals surface area contributed by atoms with Gasteiger partial charge >= 0.3 is 0 Å². The summed E-state index contributed by atoms with van der Waals surface area (Å²) in [5, 5.41) is 0. The maximum Gasteiger partial charge on any atom is 0.132 e. The van der Waals surface area contributed by atoms with Crippen molar-refractivity contribution in [2.45, 2.75) is 25.3 Å². The van der Waals surface area contributed by atoms with Crippen molar-refractivity contribution in [2.75, 3.05) is 13.1 Å². The summed E-state index contributed by atoms with van der Waals surface area (Å²) in [6.07, 6.45) is 6.08. The van der Waals surface area contributed by atoms with Gasteiger partial charge in [0.05, 0.1) is 12.2 Å². The van der Waals surface area contributed by atoms with Gasteiger partial charge in [0.15, 0.2) is 0 Å². The number of benzene rings is 1. The number of hydrogen-bond donors (Lipinski definition) is 0. The number of nitrogens with zero attached hydrogens (tertiary/aromatic N) is 4. The Hall–Kier alpha value is -2.53. The summed E-state index contributed by atoms with van der Waals surface area (Å²) in [5.74, 6) is 1.23. The number of aryl methyl sites for hydroxylation is 1.